The molecule has 77 heavy (non-hydrogen) atoms. The molecule has 4 heteroatoms. The third kappa shape index (κ3) is 7.68. The van der Waals surface area contributed by atoms with Crippen LogP contribution in [-0.4, -0.2) is 6.71 Å². The highest BCUT2D eigenvalue weighted by Crippen LogP contribution is 2.55. The van der Waals surface area contributed by atoms with Crippen LogP contribution in [0.5, 0.6) is 0 Å². The van der Waals surface area contributed by atoms with E-state index in [9.17, 15) is 0 Å². The Kier molecular flexibility index (Phi) is 11.0. The molecular weight excluding hydrogens is 948 g/mol. The maximum Gasteiger partial charge on any atom is 0.254 e. The van der Waals surface area contributed by atoms with Gasteiger partial charge in [-0.25, -0.2) is 0 Å². The fourth-order valence-corrected chi connectivity index (χ4v) is 15.7. The van der Waals surface area contributed by atoms with Crippen LogP contribution in [0, 0.1) is 6.92 Å². The van der Waals surface area contributed by atoms with Gasteiger partial charge in [0.05, 0.1) is 5.69 Å². The number of hydrogen-bond donors (Lipinski definition) is 0. The van der Waals surface area contributed by atoms with E-state index in [-0.39, 0.29) is 39.2 Å². The summed E-state index contributed by atoms with van der Waals surface area (Å²) in [5, 5.41) is 2.77. The van der Waals surface area contributed by atoms with E-state index in [1.807, 2.05) is 11.3 Å². The van der Waals surface area contributed by atoms with Crippen molar-refractivity contribution in [2.75, 3.05) is 9.80 Å². The first kappa shape index (κ1) is 50.2. The van der Waals surface area contributed by atoms with Crippen LogP contribution in [-0.2, 0) is 32.5 Å². The summed E-state index contributed by atoms with van der Waals surface area (Å²) in [4.78, 5) is 5.46. The smallest absolute Gasteiger partial charge is 0.254 e. The summed E-state index contributed by atoms with van der Waals surface area (Å²) >= 11 is 2.01. The van der Waals surface area contributed by atoms with Gasteiger partial charge in [0.15, 0.2) is 0 Å². The van der Waals surface area contributed by atoms with Gasteiger partial charge in [-0.3, -0.25) is 0 Å². The Morgan fingerprint density at radius 2 is 1.06 bits per heavy atom. The predicted molar refractivity (Wildman–Crippen MR) is 337 cm³/mol. The number of aryl methyl sites for hydroxylation is 1. The van der Waals surface area contributed by atoms with Gasteiger partial charge in [0.1, 0.15) is 0 Å². The van der Waals surface area contributed by atoms with Crippen molar-refractivity contribution >= 4 is 88.7 Å². The Balaban J connectivity index is 1.23. The lowest BCUT2D eigenvalue weighted by Gasteiger charge is -2.48. The van der Waals surface area contributed by atoms with Crippen molar-refractivity contribution in [1.82, 2.24) is 0 Å². The fraction of sp³-hybridized carbons (Fsp3) is 0.342. The third-order valence-corrected chi connectivity index (χ3v) is 20.4. The van der Waals surface area contributed by atoms with Crippen molar-refractivity contribution in [2.45, 2.75) is 162 Å². The topological polar surface area (TPSA) is 6.48 Å². The Morgan fingerprint density at radius 3 is 1.73 bits per heavy atom. The first-order valence-electron chi connectivity index (χ1n) is 28.7. The van der Waals surface area contributed by atoms with Crippen molar-refractivity contribution < 1.29 is 0 Å². The van der Waals surface area contributed by atoms with Crippen LogP contribution in [0.25, 0.3) is 42.4 Å². The average Bonchev–Trinajstić information content (AvgIpc) is 4.03. The van der Waals surface area contributed by atoms with E-state index in [2.05, 4.69) is 259 Å². The molecule has 2 nitrogen and oxygen atoms in total. The zero-order valence-corrected chi connectivity index (χ0v) is 49.4. The molecule has 0 spiro atoms. The van der Waals surface area contributed by atoms with Crippen molar-refractivity contribution in [3.05, 3.63) is 185 Å². The zero-order chi connectivity index (χ0) is 54.1. The number of rotatable bonds is 4. The van der Waals surface area contributed by atoms with Crippen molar-refractivity contribution in [1.29, 1.82) is 0 Å². The molecule has 0 fully saturated rings. The van der Waals surface area contributed by atoms with Crippen LogP contribution < -0.4 is 26.2 Å². The van der Waals surface area contributed by atoms with Crippen molar-refractivity contribution in [3.63, 3.8) is 0 Å². The summed E-state index contributed by atoms with van der Waals surface area (Å²) in [5.74, 6) is 0. The molecule has 388 valence electrons. The van der Waals surface area contributed by atoms with E-state index in [1.54, 1.807) is 0 Å². The van der Waals surface area contributed by atoms with E-state index < -0.39 is 0 Å². The van der Waals surface area contributed by atoms with Gasteiger partial charge < -0.3 is 9.80 Å². The number of benzene rings is 8. The second-order valence-corrected chi connectivity index (χ2v) is 29.4. The molecule has 3 heterocycles. The summed E-state index contributed by atoms with van der Waals surface area (Å²) in [6.07, 6.45) is 4.66. The highest BCUT2D eigenvalue weighted by molar-refractivity contribution is 7.28. The number of nitrogens with zero attached hydrogens (tertiary/aromatic N) is 2. The Bertz CT molecular complexity index is 3920. The molecule has 4 aliphatic rings. The summed E-state index contributed by atoms with van der Waals surface area (Å²) < 4.78 is 2.75. The Morgan fingerprint density at radius 1 is 0.455 bits per heavy atom. The van der Waals surface area contributed by atoms with Crippen LogP contribution in [0.15, 0.2) is 146 Å². The molecule has 1 aromatic heterocycles. The standard InChI is InChI=1S/C73H77BN2S/c1-44-22-19-20-25-49(44)46-38-61-65-62(39-46)76(58-32-28-47(68(2,3)4)40-51(58)45-23-17-16-18-24-45)59-33-30-50-64-53(69(5,6)7)26-21-27-63(64)77-67(50)66(59)74(65)57-42-55-56(73(14,15)37-36-72(55,12)13)43-60(57)75(61)48-29-31-52-54(41-48)71(10,11)35-34-70(52,8)9/h16-33,38-43H,34-37H2,1-15H3. The molecule has 0 N–H and O–H groups in total. The third-order valence-electron chi connectivity index (χ3n) is 19.2. The van der Waals surface area contributed by atoms with E-state index in [1.165, 1.54) is 138 Å². The molecule has 13 rings (SSSR count). The van der Waals surface area contributed by atoms with Gasteiger partial charge in [0.25, 0.3) is 6.71 Å². The molecule has 0 bridgehead atoms. The zero-order valence-electron chi connectivity index (χ0n) is 48.6. The van der Waals surface area contributed by atoms with E-state index in [0.717, 1.165) is 19.3 Å². The van der Waals surface area contributed by atoms with E-state index >= 15 is 0 Å². The van der Waals surface area contributed by atoms with Crippen LogP contribution >= 0.6 is 11.3 Å². The second-order valence-electron chi connectivity index (χ2n) is 28.3. The average molecular weight is 1030 g/mol. The number of fused-ring (bicyclic) bond motifs is 10. The minimum absolute atomic E-state index is 0.0120. The highest BCUT2D eigenvalue weighted by Gasteiger charge is 2.49. The van der Waals surface area contributed by atoms with Crippen LogP contribution in [0.1, 0.15) is 162 Å². The van der Waals surface area contributed by atoms with E-state index in [0.29, 0.717) is 0 Å². The molecular formula is C73H77BN2S. The first-order valence-corrected chi connectivity index (χ1v) is 29.5. The van der Waals surface area contributed by atoms with Crippen molar-refractivity contribution in [3.8, 4) is 22.3 Å². The van der Waals surface area contributed by atoms with Gasteiger partial charge in [-0.05, 0) is 192 Å². The summed E-state index contributed by atoms with van der Waals surface area (Å²) in [6, 6.07) is 57.9. The maximum atomic E-state index is 2.75. The largest absolute Gasteiger partial charge is 0.311 e. The number of anilines is 6. The highest BCUT2D eigenvalue weighted by atomic mass is 32.1. The van der Waals surface area contributed by atoms with Crippen molar-refractivity contribution in [2.24, 2.45) is 0 Å². The van der Waals surface area contributed by atoms with Crippen LogP contribution in [0.3, 0.4) is 0 Å². The molecule has 0 radical (unpaired) electrons. The van der Waals surface area contributed by atoms with Gasteiger partial charge in [0.2, 0.25) is 0 Å². The molecule has 0 unspecified atom stereocenters. The molecule has 8 aromatic carbocycles. The maximum absolute atomic E-state index is 2.75. The lowest BCUT2D eigenvalue weighted by atomic mass is 9.33. The Labute approximate surface area is 464 Å². The first-order chi connectivity index (χ1) is 36.3. The minimum Gasteiger partial charge on any atom is -0.311 e. The van der Waals surface area contributed by atoms with Crippen LogP contribution in [0.4, 0.5) is 34.1 Å². The normalized spacial score (nSPS) is 17.7. The monoisotopic (exact) mass is 1020 g/mol. The molecule has 0 saturated heterocycles. The molecule has 9 aromatic rings. The van der Waals surface area contributed by atoms with Gasteiger partial charge in [0, 0.05) is 54.2 Å². The quantitative estimate of drug-likeness (QED) is 0.162. The second kappa shape index (κ2) is 16.8. The SMILES string of the molecule is Cc1ccccc1-c1cc2c3c(c1)N(c1ccc(C(C)(C)C)cc1-c1ccccc1)c1ccc4c(sc5cccc(C(C)(C)C)c54)c1B3c1cc3c(cc1N2c1ccc2c(c1)C(C)(C)CCC2(C)C)C(C)(C)CCC3(C)C. The van der Waals surface area contributed by atoms with Gasteiger partial charge in [-0.15, -0.1) is 11.3 Å². The fourth-order valence-electron chi connectivity index (χ4n) is 14.4. The lowest BCUT2D eigenvalue weighted by molar-refractivity contribution is 0.332. The summed E-state index contributed by atoms with van der Waals surface area (Å²) in [7, 11) is 0. The Hall–Kier alpha value is -6.36. The number of thiophene rings is 1. The summed E-state index contributed by atoms with van der Waals surface area (Å²) in [5.41, 5.74) is 26.8. The number of hydrogen-bond acceptors (Lipinski definition) is 3. The van der Waals surface area contributed by atoms with Gasteiger partial charge in [-0.2, -0.15) is 0 Å². The van der Waals surface area contributed by atoms with Gasteiger partial charge >= 0.3 is 0 Å². The van der Waals surface area contributed by atoms with E-state index in [4.69, 9.17) is 0 Å². The summed E-state index contributed by atoms with van der Waals surface area (Å²) in [6.45, 7) is 36.3. The molecule has 2 aliphatic carbocycles. The lowest BCUT2D eigenvalue weighted by Crippen LogP contribution is -2.62. The predicted octanol–water partition coefficient (Wildman–Crippen LogP) is 19.1. The van der Waals surface area contributed by atoms with Crippen LogP contribution in [0.2, 0.25) is 0 Å². The minimum atomic E-state index is -0.0496. The van der Waals surface area contributed by atoms with Gasteiger partial charge in [-0.1, -0.05) is 188 Å². The molecule has 0 amide bonds. The molecule has 0 saturated carbocycles. The molecule has 0 atom stereocenters. The molecule has 2 aliphatic heterocycles.